The number of carbonyl (C=O) groups is 1. The van der Waals surface area contributed by atoms with Gasteiger partial charge < -0.3 is 14.6 Å². The third kappa shape index (κ3) is 8.44. The molecule has 0 fully saturated rings. The predicted molar refractivity (Wildman–Crippen MR) is 99.5 cm³/mol. The molecule has 0 aromatic rings. The van der Waals surface area contributed by atoms with E-state index in [9.17, 15) is 39.9 Å². The molecular weight excluding hydrogens is 547 g/mol. The smallest absolute Gasteiger partial charge is 0.387 e. The lowest BCUT2D eigenvalue weighted by atomic mass is 10.0. The number of unbranched alkanes of at least 4 members (excludes halogenated alkanes) is 3. The monoisotopic (exact) mass is 570 g/mol. The molecular formula is C17H23F8IO4. The first-order valence-corrected chi connectivity index (χ1v) is 9.93. The maximum Gasteiger partial charge on any atom is 0.387 e. The summed E-state index contributed by atoms with van der Waals surface area (Å²) in [5.74, 6) is -19.1. The lowest BCUT2D eigenvalue weighted by Crippen LogP contribution is -2.60. The van der Waals surface area contributed by atoms with Crippen LogP contribution in [-0.2, 0) is 14.3 Å². The van der Waals surface area contributed by atoms with Crippen LogP contribution in [0.3, 0.4) is 0 Å². The summed E-state index contributed by atoms with van der Waals surface area (Å²) in [6.07, 6.45) is 0.0180. The highest BCUT2D eigenvalue weighted by Crippen LogP contribution is 2.55. The van der Waals surface area contributed by atoms with Gasteiger partial charge in [0.15, 0.2) is 0 Å². The molecule has 0 aromatic heterocycles. The number of halogens is 9. The van der Waals surface area contributed by atoms with Crippen molar-refractivity contribution in [1.82, 2.24) is 0 Å². The van der Waals surface area contributed by atoms with Gasteiger partial charge in [0.05, 0.1) is 18.8 Å². The first-order chi connectivity index (χ1) is 13.6. The van der Waals surface area contributed by atoms with Crippen LogP contribution in [0, 0.1) is 0 Å². The molecule has 1 N–H and O–H groups in total. The van der Waals surface area contributed by atoms with Crippen molar-refractivity contribution in [1.29, 1.82) is 0 Å². The molecule has 13 heteroatoms. The third-order valence-corrected chi connectivity index (χ3v) is 4.52. The van der Waals surface area contributed by atoms with Crippen molar-refractivity contribution in [2.45, 2.75) is 60.2 Å². The molecule has 0 radical (unpaired) electrons. The molecule has 4 nitrogen and oxygen atoms in total. The SMILES string of the molecule is C=C(COCCCCCCO)C(=O)OCCCC(F)(F)C(F)(F)C(F)(F)C(F)(F)I. The van der Waals surface area contributed by atoms with E-state index in [1.165, 1.54) is 0 Å². The molecule has 0 aliphatic heterocycles. The number of aliphatic hydroxyl groups excluding tert-OH is 1. The molecule has 0 bridgehead atoms. The lowest BCUT2D eigenvalue weighted by molar-refractivity contribution is -0.343. The van der Waals surface area contributed by atoms with E-state index >= 15 is 0 Å². The summed E-state index contributed by atoms with van der Waals surface area (Å²) in [6.45, 7) is 2.65. The van der Waals surface area contributed by atoms with E-state index < -0.39 is 47.1 Å². The zero-order chi connectivity index (χ0) is 23.6. The van der Waals surface area contributed by atoms with E-state index in [0.29, 0.717) is 12.8 Å². The van der Waals surface area contributed by atoms with E-state index in [2.05, 4.69) is 11.3 Å². The second-order valence-corrected chi connectivity index (χ2v) is 7.74. The summed E-state index contributed by atoms with van der Waals surface area (Å²) in [6, 6.07) is 0. The summed E-state index contributed by atoms with van der Waals surface area (Å²) < 4.78 is 109. The van der Waals surface area contributed by atoms with Crippen molar-refractivity contribution in [3.8, 4) is 0 Å². The van der Waals surface area contributed by atoms with E-state index in [-0.39, 0.29) is 48.0 Å². The topological polar surface area (TPSA) is 55.8 Å². The summed E-state index contributed by atoms with van der Waals surface area (Å²) in [5, 5.41) is 8.61. The van der Waals surface area contributed by atoms with E-state index in [0.717, 1.165) is 12.8 Å². The number of aliphatic hydroxyl groups is 1. The van der Waals surface area contributed by atoms with Gasteiger partial charge in [0.1, 0.15) is 0 Å². The number of hydrogen-bond donors (Lipinski definition) is 1. The van der Waals surface area contributed by atoms with Gasteiger partial charge in [-0.1, -0.05) is 19.4 Å². The molecule has 0 rings (SSSR count). The van der Waals surface area contributed by atoms with Crippen molar-refractivity contribution in [3.63, 3.8) is 0 Å². The van der Waals surface area contributed by atoms with E-state index in [1.807, 2.05) is 0 Å². The Morgan fingerprint density at radius 3 is 1.97 bits per heavy atom. The van der Waals surface area contributed by atoms with Crippen LogP contribution in [0.2, 0.25) is 0 Å². The normalized spacial score (nSPS) is 13.4. The quantitative estimate of drug-likeness (QED) is 0.0678. The molecule has 30 heavy (non-hydrogen) atoms. The molecule has 0 spiro atoms. The Labute approximate surface area is 182 Å². The summed E-state index contributed by atoms with van der Waals surface area (Å²) in [7, 11) is 0. The van der Waals surface area contributed by atoms with E-state index in [1.54, 1.807) is 0 Å². The van der Waals surface area contributed by atoms with Gasteiger partial charge in [0.25, 0.3) is 0 Å². The molecule has 0 aliphatic carbocycles. The molecule has 0 aliphatic rings. The zero-order valence-electron chi connectivity index (χ0n) is 15.9. The van der Waals surface area contributed by atoms with Crippen molar-refractivity contribution < 1.29 is 54.5 Å². The number of carbonyl (C=O) groups excluding carboxylic acids is 1. The summed E-state index contributed by atoms with van der Waals surface area (Å²) >= 11 is -0.330. The molecule has 0 amide bonds. The average molecular weight is 570 g/mol. The first-order valence-electron chi connectivity index (χ1n) is 8.85. The lowest BCUT2D eigenvalue weighted by Gasteiger charge is -2.34. The Hall–Kier alpha value is -0.700. The van der Waals surface area contributed by atoms with Crippen molar-refractivity contribution in [2.24, 2.45) is 0 Å². The van der Waals surface area contributed by atoms with Gasteiger partial charge >= 0.3 is 27.7 Å². The third-order valence-electron chi connectivity index (χ3n) is 3.84. The average Bonchev–Trinajstić information content (AvgIpc) is 2.62. The summed E-state index contributed by atoms with van der Waals surface area (Å²) in [4.78, 5) is 11.6. The maximum atomic E-state index is 13.5. The molecule has 0 aromatic carbocycles. The van der Waals surface area contributed by atoms with Crippen LogP contribution < -0.4 is 0 Å². The predicted octanol–water partition coefficient (Wildman–Crippen LogP) is 5.37. The van der Waals surface area contributed by atoms with Crippen LogP contribution in [0.4, 0.5) is 35.1 Å². The van der Waals surface area contributed by atoms with Crippen LogP contribution >= 0.6 is 22.6 Å². The van der Waals surface area contributed by atoms with Gasteiger partial charge in [0, 0.05) is 42.2 Å². The Morgan fingerprint density at radius 2 is 1.43 bits per heavy atom. The van der Waals surface area contributed by atoms with Gasteiger partial charge in [0.2, 0.25) is 0 Å². The highest BCUT2D eigenvalue weighted by atomic mass is 127. The standard InChI is InChI=1S/C17H23F8IO4/c1-12(11-29-9-5-3-2-4-8-27)13(28)30-10-6-7-14(18,19)15(20,21)16(22,23)17(24,25)26/h27H,1-11H2. The number of ether oxygens (including phenoxy) is 2. The molecule has 0 heterocycles. The zero-order valence-corrected chi connectivity index (χ0v) is 18.0. The van der Waals surface area contributed by atoms with Crippen molar-refractivity contribution >= 4 is 28.6 Å². The number of hydrogen-bond acceptors (Lipinski definition) is 4. The largest absolute Gasteiger partial charge is 0.462 e. The van der Waals surface area contributed by atoms with Crippen LogP contribution in [0.25, 0.3) is 0 Å². The summed E-state index contributed by atoms with van der Waals surface area (Å²) in [5.41, 5.74) is -0.182. The fraction of sp³-hybridized carbons (Fsp3) is 0.824. The Kier molecular flexibility index (Phi) is 12.1. The minimum Gasteiger partial charge on any atom is -0.462 e. The number of rotatable bonds is 16. The minimum atomic E-state index is -6.32. The van der Waals surface area contributed by atoms with Gasteiger partial charge in [-0.15, -0.1) is 0 Å². The number of alkyl halides is 9. The molecule has 0 saturated heterocycles. The molecule has 0 unspecified atom stereocenters. The molecule has 0 saturated carbocycles. The Bertz CT molecular complexity index is 552. The minimum absolute atomic E-state index is 0.0836. The van der Waals surface area contributed by atoms with Crippen LogP contribution in [0.15, 0.2) is 12.2 Å². The Balaban J connectivity index is 4.34. The molecule has 178 valence electrons. The van der Waals surface area contributed by atoms with Gasteiger partial charge in [-0.2, -0.15) is 35.1 Å². The van der Waals surface area contributed by atoms with Crippen molar-refractivity contribution in [2.75, 3.05) is 26.4 Å². The highest BCUT2D eigenvalue weighted by Gasteiger charge is 2.79. The van der Waals surface area contributed by atoms with Crippen LogP contribution in [0.5, 0.6) is 0 Å². The first kappa shape index (κ1) is 29.3. The molecule has 0 atom stereocenters. The second kappa shape index (κ2) is 12.4. The Morgan fingerprint density at radius 1 is 0.867 bits per heavy atom. The second-order valence-electron chi connectivity index (χ2n) is 6.38. The fourth-order valence-electron chi connectivity index (χ4n) is 2.05. The maximum absolute atomic E-state index is 13.5. The van der Waals surface area contributed by atoms with Crippen LogP contribution in [-0.4, -0.2) is 59.2 Å². The van der Waals surface area contributed by atoms with E-state index in [4.69, 9.17) is 9.84 Å². The van der Waals surface area contributed by atoms with Crippen LogP contribution in [0.1, 0.15) is 38.5 Å². The number of esters is 1. The van der Waals surface area contributed by atoms with Crippen molar-refractivity contribution in [3.05, 3.63) is 12.2 Å². The van der Waals surface area contributed by atoms with Gasteiger partial charge in [-0.3, -0.25) is 0 Å². The fourth-order valence-corrected chi connectivity index (χ4v) is 2.39. The van der Waals surface area contributed by atoms with Gasteiger partial charge in [-0.25, -0.2) is 4.79 Å². The highest BCUT2D eigenvalue weighted by molar-refractivity contribution is 14.1. The van der Waals surface area contributed by atoms with Gasteiger partial charge in [-0.05, 0) is 19.3 Å².